The van der Waals surface area contributed by atoms with Crippen LogP contribution in [0.1, 0.15) is 57.4 Å². The molecule has 1 saturated carbocycles. The fraction of sp³-hybridized carbons (Fsp3) is 0.545. The Balaban J connectivity index is 1.63. The van der Waals surface area contributed by atoms with Crippen molar-refractivity contribution in [2.24, 2.45) is 5.92 Å². The predicted molar refractivity (Wildman–Crippen MR) is 103 cm³/mol. The molecule has 0 radical (unpaired) electrons. The first kappa shape index (κ1) is 17.3. The van der Waals surface area contributed by atoms with E-state index in [0.717, 1.165) is 37.8 Å². The Morgan fingerprint density at radius 2 is 1.83 bits per heavy atom. The number of ether oxygens (including phenoxy) is 1. The molecule has 0 saturated heterocycles. The third-order valence-corrected chi connectivity index (χ3v) is 4.93. The summed E-state index contributed by atoms with van der Waals surface area (Å²) in [5, 5.41) is 6.26. The highest BCUT2D eigenvalue weighted by atomic mass is 16.5. The summed E-state index contributed by atoms with van der Waals surface area (Å²) in [5.74, 6) is 1.97. The molecule has 2 aromatic carbocycles. The zero-order chi connectivity index (χ0) is 16.6. The molecule has 130 valence electrons. The van der Waals surface area contributed by atoms with Crippen molar-refractivity contribution in [3.63, 3.8) is 0 Å². The van der Waals surface area contributed by atoms with Gasteiger partial charge in [0.15, 0.2) is 0 Å². The van der Waals surface area contributed by atoms with Crippen molar-refractivity contribution < 1.29 is 4.74 Å². The molecule has 0 spiro atoms. The van der Waals surface area contributed by atoms with E-state index in [4.69, 9.17) is 4.74 Å². The van der Waals surface area contributed by atoms with Gasteiger partial charge in [-0.05, 0) is 48.6 Å². The Bertz CT molecular complexity index is 633. The molecule has 0 atom stereocenters. The van der Waals surface area contributed by atoms with Gasteiger partial charge in [0.25, 0.3) is 0 Å². The normalized spacial score (nSPS) is 14.2. The number of nitrogens with one attached hydrogen (secondary N) is 1. The molecular weight excluding hydrogens is 294 g/mol. The van der Waals surface area contributed by atoms with Crippen LogP contribution < -0.4 is 10.1 Å². The fourth-order valence-electron chi connectivity index (χ4n) is 3.24. The van der Waals surface area contributed by atoms with Crippen molar-refractivity contribution in [3.8, 4) is 5.75 Å². The number of unbranched alkanes of at least 4 members (excludes halogenated alkanes) is 4. The first-order valence-electron chi connectivity index (χ1n) is 9.72. The zero-order valence-electron chi connectivity index (χ0n) is 15.0. The van der Waals surface area contributed by atoms with Crippen molar-refractivity contribution in [2.75, 3.05) is 13.2 Å². The second-order valence-corrected chi connectivity index (χ2v) is 7.10. The second-order valence-electron chi connectivity index (χ2n) is 7.10. The van der Waals surface area contributed by atoms with Crippen molar-refractivity contribution in [2.45, 2.75) is 58.4 Å². The molecule has 1 aliphatic rings. The number of hydrogen-bond donors (Lipinski definition) is 1. The van der Waals surface area contributed by atoms with Gasteiger partial charge < -0.3 is 10.1 Å². The number of benzene rings is 2. The summed E-state index contributed by atoms with van der Waals surface area (Å²) < 4.78 is 6.16. The van der Waals surface area contributed by atoms with Gasteiger partial charge >= 0.3 is 0 Å². The molecular formula is C22H31NO. The van der Waals surface area contributed by atoms with Gasteiger partial charge in [0.1, 0.15) is 5.75 Å². The van der Waals surface area contributed by atoms with Crippen LogP contribution in [0.5, 0.6) is 5.75 Å². The summed E-state index contributed by atoms with van der Waals surface area (Å²) in [6.45, 7) is 5.13. The molecule has 0 unspecified atom stereocenters. The topological polar surface area (TPSA) is 21.3 Å². The summed E-state index contributed by atoms with van der Waals surface area (Å²) in [6.07, 6.45) is 9.17. The van der Waals surface area contributed by atoms with Crippen LogP contribution in [-0.2, 0) is 6.54 Å². The highest BCUT2D eigenvalue weighted by Gasteiger charge is 2.20. The van der Waals surface area contributed by atoms with Crippen molar-refractivity contribution in [3.05, 3.63) is 42.0 Å². The summed E-state index contributed by atoms with van der Waals surface area (Å²) in [6, 6.07) is 13.0. The Morgan fingerprint density at radius 1 is 1.00 bits per heavy atom. The van der Waals surface area contributed by atoms with Gasteiger partial charge in [-0.15, -0.1) is 0 Å². The Hall–Kier alpha value is -1.54. The lowest BCUT2D eigenvalue weighted by atomic mass is 10.0. The summed E-state index contributed by atoms with van der Waals surface area (Å²) in [4.78, 5) is 0. The second kappa shape index (κ2) is 9.08. The molecule has 1 fully saturated rings. The Labute approximate surface area is 146 Å². The standard InChI is InChI=1S/C22H31NO/c1-2-3-4-5-8-15-24-22-14-13-19-9-6-7-10-20(19)21(22)17-23-16-18-11-12-18/h6-7,9-10,13-14,18,23H,2-5,8,11-12,15-17H2,1H3. The van der Waals surface area contributed by atoms with Crippen LogP contribution in [0.15, 0.2) is 36.4 Å². The van der Waals surface area contributed by atoms with E-state index in [9.17, 15) is 0 Å². The van der Waals surface area contributed by atoms with Gasteiger partial charge in [0.2, 0.25) is 0 Å². The molecule has 1 N–H and O–H groups in total. The summed E-state index contributed by atoms with van der Waals surface area (Å²) in [5.41, 5.74) is 1.32. The minimum absolute atomic E-state index is 0.831. The Morgan fingerprint density at radius 3 is 2.67 bits per heavy atom. The average Bonchev–Trinajstić information content (AvgIpc) is 3.43. The third-order valence-electron chi connectivity index (χ3n) is 4.93. The van der Waals surface area contributed by atoms with E-state index >= 15 is 0 Å². The minimum Gasteiger partial charge on any atom is -0.493 e. The highest BCUT2D eigenvalue weighted by Crippen LogP contribution is 2.30. The minimum atomic E-state index is 0.831. The zero-order valence-corrected chi connectivity index (χ0v) is 15.0. The van der Waals surface area contributed by atoms with Gasteiger partial charge in [0, 0.05) is 12.1 Å². The molecule has 0 aliphatic heterocycles. The van der Waals surface area contributed by atoms with Crippen LogP contribution >= 0.6 is 0 Å². The van der Waals surface area contributed by atoms with E-state index in [1.807, 2.05) is 0 Å². The predicted octanol–water partition coefficient (Wildman–Crippen LogP) is 5.69. The lowest BCUT2D eigenvalue weighted by Gasteiger charge is -2.15. The van der Waals surface area contributed by atoms with E-state index in [1.165, 1.54) is 54.9 Å². The van der Waals surface area contributed by atoms with Crippen molar-refractivity contribution >= 4 is 10.8 Å². The van der Waals surface area contributed by atoms with Crippen molar-refractivity contribution in [1.82, 2.24) is 5.32 Å². The van der Waals surface area contributed by atoms with E-state index in [-0.39, 0.29) is 0 Å². The number of hydrogen-bond acceptors (Lipinski definition) is 2. The van der Waals surface area contributed by atoms with E-state index < -0.39 is 0 Å². The quantitative estimate of drug-likeness (QED) is 0.536. The first-order chi connectivity index (χ1) is 11.9. The SMILES string of the molecule is CCCCCCCOc1ccc2ccccc2c1CNCC1CC1. The third kappa shape index (κ3) is 4.98. The average molecular weight is 325 g/mol. The molecule has 0 bridgehead atoms. The van der Waals surface area contributed by atoms with Gasteiger partial charge in [0.05, 0.1) is 6.61 Å². The van der Waals surface area contributed by atoms with Crippen LogP contribution in [-0.4, -0.2) is 13.2 Å². The van der Waals surface area contributed by atoms with Crippen molar-refractivity contribution in [1.29, 1.82) is 0 Å². The van der Waals surface area contributed by atoms with E-state index in [0.29, 0.717) is 0 Å². The van der Waals surface area contributed by atoms with Gasteiger partial charge in [-0.25, -0.2) is 0 Å². The van der Waals surface area contributed by atoms with E-state index in [1.54, 1.807) is 0 Å². The molecule has 3 rings (SSSR count). The maximum absolute atomic E-state index is 6.16. The molecule has 2 heteroatoms. The smallest absolute Gasteiger partial charge is 0.124 e. The maximum Gasteiger partial charge on any atom is 0.124 e. The molecule has 1 aliphatic carbocycles. The Kier molecular flexibility index (Phi) is 6.54. The molecule has 2 nitrogen and oxygen atoms in total. The lowest BCUT2D eigenvalue weighted by molar-refractivity contribution is 0.301. The van der Waals surface area contributed by atoms with E-state index in [2.05, 4.69) is 48.6 Å². The first-order valence-corrected chi connectivity index (χ1v) is 9.72. The molecule has 24 heavy (non-hydrogen) atoms. The largest absolute Gasteiger partial charge is 0.493 e. The maximum atomic E-state index is 6.16. The molecule has 2 aromatic rings. The highest BCUT2D eigenvalue weighted by molar-refractivity contribution is 5.87. The van der Waals surface area contributed by atoms with Gasteiger partial charge in [-0.2, -0.15) is 0 Å². The number of fused-ring (bicyclic) bond motifs is 1. The monoisotopic (exact) mass is 325 g/mol. The lowest BCUT2D eigenvalue weighted by Crippen LogP contribution is -2.17. The summed E-state index contributed by atoms with van der Waals surface area (Å²) in [7, 11) is 0. The molecule has 0 heterocycles. The molecule has 0 amide bonds. The van der Waals surface area contributed by atoms with Gasteiger partial charge in [-0.1, -0.05) is 62.9 Å². The fourth-order valence-corrected chi connectivity index (χ4v) is 3.24. The molecule has 0 aromatic heterocycles. The van der Waals surface area contributed by atoms with Crippen LogP contribution in [0.3, 0.4) is 0 Å². The van der Waals surface area contributed by atoms with Crippen LogP contribution in [0.4, 0.5) is 0 Å². The van der Waals surface area contributed by atoms with Gasteiger partial charge in [-0.3, -0.25) is 0 Å². The summed E-state index contributed by atoms with van der Waals surface area (Å²) >= 11 is 0. The van der Waals surface area contributed by atoms with Crippen LogP contribution in [0, 0.1) is 5.92 Å². The van der Waals surface area contributed by atoms with Crippen LogP contribution in [0.25, 0.3) is 10.8 Å². The number of rotatable bonds is 11. The van der Waals surface area contributed by atoms with Crippen LogP contribution in [0.2, 0.25) is 0 Å².